The van der Waals surface area contributed by atoms with Gasteiger partial charge in [-0.2, -0.15) is 4.31 Å². The van der Waals surface area contributed by atoms with Gasteiger partial charge in [-0.25, -0.2) is 13.2 Å². The Kier molecular flexibility index (Phi) is 6.21. The van der Waals surface area contributed by atoms with Gasteiger partial charge in [0.05, 0.1) is 10.4 Å². The van der Waals surface area contributed by atoms with Crippen LogP contribution in [-0.4, -0.2) is 35.8 Å². The number of rotatable bonds is 6. The second-order valence-electron chi connectivity index (χ2n) is 8.10. The van der Waals surface area contributed by atoms with Crippen LogP contribution in [-0.2, 0) is 27.8 Å². The van der Waals surface area contributed by atoms with Crippen molar-refractivity contribution in [3.8, 4) is 0 Å². The van der Waals surface area contributed by atoms with Gasteiger partial charge < -0.3 is 9.73 Å². The van der Waals surface area contributed by atoms with Crippen molar-refractivity contribution >= 4 is 32.7 Å². The number of fused-ring (bicyclic) bond motifs is 1. The molecule has 9 heteroatoms. The number of sulfonamides is 1. The molecule has 1 N–H and O–H groups in total. The SMILES string of the molecule is CCc1ccccc1NC(=O)Cn1c(=O)oc2cc(S(=O)(=O)N3CCCC[C@H]3C)ccc21. The molecule has 4 rings (SSSR count). The lowest BCUT2D eigenvalue weighted by atomic mass is 10.1. The van der Waals surface area contributed by atoms with Gasteiger partial charge in [0.25, 0.3) is 0 Å². The van der Waals surface area contributed by atoms with Crippen molar-refractivity contribution in [2.24, 2.45) is 0 Å². The monoisotopic (exact) mass is 457 g/mol. The van der Waals surface area contributed by atoms with Crippen molar-refractivity contribution in [3.05, 3.63) is 58.6 Å². The van der Waals surface area contributed by atoms with E-state index < -0.39 is 15.8 Å². The van der Waals surface area contributed by atoms with Crippen molar-refractivity contribution in [3.63, 3.8) is 0 Å². The number of aryl methyl sites for hydroxylation is 1. The number of carbonyl (C=O) groups is 1. The first kappa shape index (κ1) is 22.3. The summed E-state index contributed by atoms with van der Waals surface area (Å²) in [5.74, 6) is -1.07. The summed E-state index contributed by atoms with van der Waals surface area (Å²) in [5.41, 5.74) is 2.21. The van der Waals surface area contributed by atoms with Crippen LogP contribution in [0.4, 0.5) is 5.69 Å². The second-order valence-corrected chi connectivity index (χ2v) is 9.99. The van der Waals surface area contributed by atoms with E-state index in [1.54, 1.807) is 0 Å². The minimum absolute atomic E-state index is 0.0734. The first-order chi connectivity index (χ1) is 15.3. The molecule has 0 bridgehead atoms. The lowest BCUT2D eigenvalue weighted by molar-refractivity contribution is -0.116. The molecule has 3 aromatic rings. The zero-order valence-electron chi connectivity index (χ0n) is 18.2. The highest BCUT2D eigenvalue weighted by molar-refractivity contribution is 7.89. The number of amides is 1. The molecular weight excluding hydrogens is 430 g/mol. The highest BCUT2D eigenvalue weighted by atomic mass is 32.2. The maximum atomic E-state index is 13.1. The third kappa shape index (κ3) is 4.22. The second kappa shape index (κ2) is 8.91. The van der Waals surface area contributed by atoms with Crippen LogP contribution >= 0.6 is 0 Å². The van der Waals surface area contributed by atoms with Gasteiger partial charge in [-0.1, -0.05) is 31.5 Å². The Balaban J connectivity index is 1.60. The van der Waals surface area contributed by atoms with Crippen LogP contribution < -0.4 is 11.1 Å². The molecule has 0 saturated carbocycles. The normalized spacial score (nSPS) is 17.5. The zero-order valence-corrected chi connectivity index (χ0v) is 19.0. The molecule has 2 heterocycles. The van der Waals surface area contributed by atoms with E-state index in [1.165, 1.54) is 27.1 Å². The Bertz CT molecular complexity index is 1310. The number of piperidine rings is 1. The smallest absolute Gasteiger partial charge is 0.408 e. The van der Waals surface area contributed by atoms with E-state index in [9.17, 15) is 18.0 Å². The number of aromatic nitrogens is 1. The molecule has 0 unspecified atom stereocenters. The Labute approximate surface area is 186 Å². The van der Waals surface area contributed by atoms with E-state index in [0.29, 0.717) is 17.7 Å². The fourth-order valence-corrected chi connectivity index (χ4v) is 5.92. The zero-order chi connectivity index (χ0) is 22.9. The van der Waals surface area contributed by atoms with Crippen LogP contribution in [0.2, 0.25) is 0 Å². The first-order valence-electron chi connectivity index (χ1n) is 10.8. The Morgan fingerprint density at radius 2 is 1.97 bits per heavy atom. The summed E-state index contributed by atoms with van der Waals surface area (Å²) in [6.07, 6.45) is 3.42. The highest BCUT2D eigenvalue weighted by Crippen LogP contribution is 2.27. The van der Waals surface area contributed by atoms with Gasteiger partial charge in [0.1, 0.15) is 6.54 Å². The Morgan fingerprint density at radius 3 is 2.72 bits per heavy atom. The third-order valence-electron chi connectivity index (χ3n) is 5.96. The lowest BCUT2D eigenvalue weighted by Crippen LogP contribution is -2.41. The van der Waals surface area contributed by atoms with Gasteiger partial charge in [0.2, 0.25) is 15.9 Å². The standard InChI is InChI=1S/C23H27N3O5S/c1-3-17-9-4-5-10-19(17)24-22(27)15-25-20-12-11-18(14-21(20)31-23(25)28)32(29,30)26-13-7-6-8-16(26)2/h4-5,9-12,14,16H,3,6-8,13,15H2,1-2H3,(H,24,27)/t16-/m1/s1. The molecule has 2 aromatic carbocycles. The van der Waals surface area contributed by atoms with Gasteiger partial charge >= 0.3 is 5.76 Å². The first-order valence-corrected chi connectivity index (χ1v) is 12.3. The molecule has 1 saturated heterocycles. The maximum Gasteiger partial charge on any atom is 0.420 e. The number of carbonyl (C=O) groups excluding carboxylic acids is 1. The van der Waals surface area contributed by atoms with Crippen molar-refractivity contribution in [1.82, 2.24) is 8.87 Å². The molecule has 1 fully saturated rings. The molecule has 170 valence electrons. The predicted octanol–water partition coefficient (Wildman–Crippen LogP) is 3.36. The Morgan fingerprint density at radius 1 is 1.19 bits per heavy atom. The quantitative estimate of drug-likeness (QED) is 0.612. The summed E-state index contributed by atoms with van der Waals surface area (Å²) in [6.45, 7) is 4.14. The summed E-state index contributed by atoms with van der Waals surface area (Å²) < 4.78 is 34.2. The van der Waals surface area contributed by atoms with E-state index >= 15 is 0 Å². The van der Waals surface area contributed by atoms with Crippen molar-refractivity contribution in [2.45, 2.75) is 57.0 Å². The summed E-state index contributed by atoms with van der Waals surface area (Å²) in [5, 5.41) is 2.83. The summed E-state index contributed by atoms with van der Waals surface area (Å²) in [4.78, 5) is 25.1. The number of anilines is 1. The van der Waals surface area contributed by atoms with Gasteiger partial charge in [-0.3, -0.25) is 9.36 Å². The number of nitrogens with one attached hydrogen (secondary N) is 1. The largest absolute Gasteiger partial charge is 0.420 e. The number of hydrogen-bond donors (Lipinski definition) is 1. The van der Waals surface area contributed by atoms with Gasteiger partial charge in [-0.15, -0.1) is 0 Å². The van der Waals surface area contributed by atoms with Gasteiger partial charge in [-0.05, 0) is 49.9 Å². The molecule has 1 atom stereocenters. The van der Waals surface area contributed by atoms with Crippen molar-refractivity contribution in [2.75, 3.05) is 11.9 Å². The predicted molar refractivity (Wildman–Crippen MR) is 122 cm³/mol. The van der Waals surface area contributed by atoms with E-state index in [1.807, 2.05) is 38.1 Å². The molecule has 0 spiro atoms. The van der Waals surface area contributed by atoms with Crippen LogP contribution in [0.15, 0.2) is 56.6 Å². The Hall–Kier alpha value is -2.91. The maximum absolute atomic E-state index is 13.1. The third-order valence-corrected chi connectivity index (χ3v) is 7.97. The fourth-order valence-electron chi connectivity index (χ4n) is 4.21. The minimum atomic E-state index is -3.69. The molecule has 1 aliphatic heterocycles. The van der Waals surface area contributed by atoms with Gasteiger partial charge in [0.15, 0.2) is 5.58 Å². The number of oxazole rings is 1. The van der Waals surface area contributed by atoms with E-state index in [2.05, 4.69) is 5.32 Å². The van der Waals surface area contributed by atoms with Crippen molar-refractivity contribution in [1.29, 1.82) is 0 Å². The van der Waals surface area contributed by atoms with Crippen LogP contribution in [0.3, 0.4) is 0 Å². The molecule has 8 nitrogen and oxygen atoms in total. The van der Waals surface area contributed by atoms with Crippen molar-refractivity contribution < 1.29 is 17.6 Å². The summed E-state index contributed by atoms with van der Waals surface area (Å²) in [7, 11) is -3.69. The van der Waals surface area contributed by atoms with Crippen LogP contribution in [0.5, 0.6) is 0 Å². The van der Waals surface area contributed by atoms with E-state index in [-0.39, 0.29) is 29.0 Å². The molecule has 0 aliphatic carbocycles. The summed E-state index contributed by atoms with van der Waals surface area (Å²) >= 11 is 0. The molecule has 0 radical (unpaired) electrons. The average Bonchev–Trinajstić information content (AvgIpc) is 3.08. The van der Waals surface area contributed by atoms with Gasteiger partial charge in [0, 0.05) is 24.3 Å². The van der Waals surface area contributed by atoms with Crippen LogP contribution in [0.1, 0.15) is 38.7 Å². The molecule has 32 heavy (non-hydrogen) atoms. The number of benzene rings is 2. The number of para-hydroxylation sites is 1. The average molecular weight is 458 g/mol. The fraction of sp³-hybridized carbons (Fsp3) is 0.391. The van der Waals surface area contributed by atoms with E-state index in [0.717, 1.165) is 31.2 Å². The molecular formula is C23H27N3O5S. The molecule has 1 aliphatic rings. The molecule has 1 amide bonds. The van der Waals surface area contributed by atoms with E-state index in [4.69, 9.17) is 4.42 Å². The van der Waals surface area contributed by atoms with Crippen LogP contribution in [0, 0.1) is 0 Å². The highest BCUT2D eigenvalue weighted by Gasteiger charge is 2.31. The van der Waals surface area contributed by atoms with Crippen LogP contribution in [0.25, 0.3) is 11.1 Å². The number of nitrogens with zero attached hydrogens (tertiary/aromatic N) is 2. The summed E-state index contributed by atoms with van der Waals surface area (Å²) in [6, 6.07) is 11.8. The number of hydrogen-bond acceptors (Lipinski definition) is 5. The topological polar surface area (TPSA) is 102 Å². The minimum Gasteiger partial charge on any atom is -0.408 e. The molecule has 1 aromatic heterocycles. The lowest BCUT2D eigenvalue weighted by Gasteiger charge is -2.32.